The Morgan fingerprint density at radius 2 is 2.07 bits per heavy atom. The van der Waals surface area contributed by atoms with Gasteiger partial charge in [0.2, 0.25) is 5.91 Å². The number of carbonyl (C=O) groups excluding carboxylic acids is 1. The minimum Gasteiger partial charge on any atom is -0.441 e. The Kier molecular flexibility index (Phi) is 5.48. The van der Waals surface area contributed by atoms with E-state index in [0.717, 1.165) is 17.7 Å². The molecule has 1 fully saturated rings. The molecule has 3 aromatic rings. The molecule has 1 N–H and O–H groups in total. The molecule has 0 aliphatic carbocycles. The molecule has 5 nitrogen and oxygen atoms in total. The summed E-state index contributed by atoms with van der Waals surface area (Å²) in [4.78, 5) is 19.0. The van der Waals surface area contributed by atoms with Crippen LogP contribution < -0.4 is 5.32 Å². The highest BCUT2D eigenvalue weighted by Gasteiger charge is 2.28. The lowest BCUT2D eigenvalue weighted by Crippen LogP contribution is -2.48. The third kappa shape index (κ3) is 4.12. The van der Waals surface area contributed by atoms with Gasteiger partial charge in [-0.05, 0) is 17.7 Å². The van der Waals surface area contributed by atoms with E-state index < -0.39 is 0 Å². The van der Waals surface area contributed by atoms with E-state index in [0.29, 0.717) is 37.6 Å². The van der Waals surface area contributed by atoms with E-state index in [9.17, 15) is 9.18 Å². The zero-order valence-corrected chi connectivity index (χ0v) is 15.5. The van der Waals surface area contributed by atoms with Crippen molar-refractivity contribution in [1.29, 1.82) is 0 Å². The average Bonchev–Trinajstić information content (AvgIpc) is 3.22. The van der Waals surface area contributed by atoms with Crippen LogP contribution in [0.25, 0.3) is 11.3 Å². The van der Waals surface area contributed by atoms with Gasteiger partial charge in [0.1, 0.15) is 5.82 Å². The van der Waals surface area contributed by atoms with E-state index in [-0.39, 0.29) is 17.8 Å². The van der Waals surface area contributed by atoms with E-state index in [1.165, 1.54) is 12.1 Å². The zero-order chi connectivity index (χ0) is 19.3. The van der Waals surface area contributed by atoms with Crippen molar-refractivity contribution in [2.24, 2.45) is 0 Å². The maximum Gasteiger partial charge on any atom is 0.223 e. The zero-order valence-electron chi connectivity index (χ0n) is 15.5. The molecule has 2 aromatic carbocycles. The lowest BCUT2D eigenvalue weighted by Gasteiger charge is -2.36. The van der Waals surface area contributed by atoms with Gasteiger partial charge in [0.15, 0.2) is 11.7 Å². The van der Waals surface area contributed by atoms with Crippen LogP contribution in [0.2, 0.25) is 0 Å². The van der Waals surface area contributed by atoms with E-state index in [2.05, 4.69) is 10.3 Å². The van der Waals surface area contributed by atoms with Crippen LogP contribution in [0.5, 0.6) is 0 Å². The second-order valence-electron chi connectivity index (χ2n) is 6.85. The molecule has 6 heteroatoms. The predicted molar refractivity (Wildman–Crippen MR) is 104 cm³/mol. The minimum atomic E-state index is -0.288. The third-order valence-corrected chi connectivity index (χ3v) is 4.96. The second-order valence-corrected chi connectivity index (χ2v) is 6.85. The van der Waals surface area contributed by atoms with E-state index >= 15 is 0 Å². The van der Waals surface area contributed by atoms with E-state index in [4.69, 9.17) is 4.42 Å². The SMILES string of the molecule is O=C(CCc1ncc(-c2ccccc2)o1)N1CCNCC1c1cccc(F)c1. The van der Waals surface area contributed by atoms with Crippen LogP contribution in [0.1, 0.15) is 23.9 Å². The number of amides is 1. The maximum absolute atomic E-state index is 13.6. The topological polar surface area (TPSA) is 58.4 Å². The fraction of sp³-hybridized carbons (Fsp3) is 0.273. The number of nitrogens with one attached hydrogen (secondary N) is 1. The van der Waals surface area contributed by atoms with Crippen LogP contribution in [0, 0.1) is 5.82 Å². The van der Waals surface area contributed by atoms with Gasteiger partial charge in [-0.1, -0.05) is 42.5 Å². The Morgan fingerprint density at radius 3 is 2.89 bits per heavy atom. The number of halogens is 1. The molecule has 1 atom stereocenters. The van der Waals surface area contributed by atoms with Crippen molar-refractivity contribution < 1.29 is 13.6 Å². The van der Waals surface area contributed by atoms with Crippen molar-refractivity contribution in [1.82, 2.24) is 15.2 Å². The number of carbonyl (C=O) groups is 1. The summed E-state index contributed by atoms with van der Waals surface area (Å²) in [6.07, 6.45) is 2.43. The molecule has 1 aliphatic rings. The van der Waals surface area contributed by atoms with Gasteiger partial charge in [-0.25, -0.2) is 9.37 Å². The predicted octanol–water partition coefficient (Wildman–Crippen LogP) is 3.59. The first-order valence-corrected chi connectivity index (χ1v) is 9.46. The Hall–Kier alpha value is -2.99. The number of aryl methyl sites for hydroxylation is 1. The van der Waals surface area contributed by atoms with Crippen molar-refractivity contribution in [3.8, 4) is 11.3 Å². The molecular formula is C22H22FN3O2. The molecule has 0 saturated carbocycles. The maximum atomic E-state index is 13.6. The van der Waals surface area contributed by atoms with Crippen molar-refractivity contribution >= 4 is 5.91 Å². The number of aromatic nitrogens is 1. The van der Waals surface area contributed by atoms with Crippen molar-refractivity contribution in [3.63, 3.8) is 0 Å². The number of oxazole rings is 1. The molecule has 1 unspecified atom stereocenters. The molecule has 144 valence electrons. The van der Waals surface area contributed by atoms with Gasteiger partial charge < -0.3 is 14.6 Å². The minimum absolute atomic E-state index is 0.0234. The third-order valence-electron chi connectivity index (χ3n) is 4.96. The monoisotopic (exact) mass is 379 g/mol. The highest BCUT2D eigenvalue weighted by Crippen LogP contribution is 2.25. The molecule has 28 heavy (non-hydrogen) atoms. The fourth-order valence-electron chi connectivity index (χ4n) is 3.53. The Balaban J connectivity index is 1.42. The van der Waals surface area contributed by atoms with Gasteiger partial charge in [0.25, 0.3) is 0 Å². The van der Waals surface area contributed by atoms with E-state index in [1.54, 1.807) is 12.3 Å². The van der Waals surface area contributed by atoms with Crippen LogP contribution in [-0.4, -0.2) is 35.4 Å². The van der Waals surface area contributed by atoms with Gasteiger partial charge in [-0.2, -0.15) is 0 Å². The number of piperazine rings is 1. The molecule has 1 aromatic heterocycles. The first-order valence-electron chi connectivity index (χ1n) is 9.46. The number of hydrogen-bond acceptors (Lipinski definition) is 4. The van der Waals surface area contributed by atoms with Crippen molar-refractivity contribution in [2.75, 3.05) is 19.6 Å². The lowest BCUT2D eigenvalue weighted by atomic mass is 10.0. The second kappa shape index (κ2) is 8.35. The molecule has 0 bridgehead atoms. The normalized spacial score (nSPS) is 16.9. The summed E-state index contributed by atoms with van der Waals surface area (Å²) in [6.45, 7) is 1.95. The molecule has 0 radical (unpaired) electrons. The molecule has 1 aliphatic heterocycles. The largest absolute Gasteiger partial charge is 0.441 e. The molecule has 4 rings (SSSR count). The van der Waals surface area contributed by atoms with E-state index in [1.807, 2.05) is 41.3 Å². The van der Waals surface area contributed by atoms with Crippen LogP contribution in [0.3, 0.4) is 0 Å². The summed E-state index contributed by atoms with van der Waals surface area (Å²) >= 11 is 0. The molecular weight excluding hydrogens is 357 g/mol. The summed E-state index contributed by atoms with van der Waals surface area (Å²) in [5.41, 5.74) is 1.77. The Morgan fingerprint density at radius 1 is 1.21 bits per heavy atom. The van der Waals surface area contributed by atoms with Gasteiger partial charge in [-0.15, -0.1) is 0 Å². The molecule has 1 saturated heterocycles. The standard InChI is InChI=1S/C22H22FN3O2/c23-18-8-4-7-17(13-18)19-14-24-11-12-26(19)22(27)10-9-21-25-15-20(28-21)16-5-2-1-3-6-16/h1-8,13,15,19,24H,9-12,14H2. The van der Waals surface area contributed by atoms with Crippen LogP contribution in [0.4, 0.5) is 4.39 Å². The summed E-state index contributed by atoms with van der Waals surface area (Å²) in [5, 5.41) is 3.29. The summed E-state index contributed by atoms with van der Waals surface area (Å²) in [7, 11) is 0. The summed E-state index contributed by atoms with van der Waals surface area (Å²) < 4.78 is 19.4. The Labute approximate surface area is 163 Å². The van der Waals surface area contributed by atoms with Crippen molar-refractivity contribution in [3.05, 3.63) is 78.1 Å². The van der Waals surface area contributed by atoms with Crippen LogP contribution >= 0.6 is 0 Å². The van der Waals surface area contributed by atoms with Crippen molar-refractivity contribution in [2.45, 2.75) is 18.9 Å². The van der Waals surface area contributed by atoms with Gasteiger partial charge in [0.05, 0.1) is 12.2 Å². The number of benzene rings is 2. The molecule has 0 spiro atoms. The highest BCUT2D eigenvalue weighted by molar-refractivity contribution is 5.77. The highest BCUT2D eigenvalue weighted by atomic mass is 19.1. The molecule has 1 amide bonds. The quantitative estimate of drug-likeness (QED) is 0.736. The first kappa shape index (κ1) is 18.4. The van der Waals surface area contributed by atoms with Crippen LogP contribution in [0.15, 0.2) is 65.2 Å². The number of rotatable bonds is 5. The Bertz CT molecular complexity index is 942. The smallest absolute Gasteiger partial charge is 0.223 e. The first-order chi connectivity index (χ1) is 13.7. The summed E-state index contributed by atoms with van der Waals surface area (Å²) in [6, 6.07) is 16.0. The number of hydrogen-bond donors (Lipinski definition) is 1. The average molecular weight is 379 g/mol. The lowest BCUT2D eigenvalue weighted by molar-refractivity contribution is -0.134. The van der Waals surface area contributed by atoms with Gasteiger partial charge >= 0.3 is 0 Å². The van der Waals surface area contributed by atoms with Gasteiger partial charge in [-0.3, -0.25) is 4.79 Å². The molecule has 2 heterocycles. The number of nitrogens with zero attached hydrogens (tertiary/aromatic N) is 2. The van der Waals surface area contributed by atoms with Crippen LogP contribution in [-0.2, 0) is 11.2 Å². The van der Waals surface area contributed by atoms with Gasteiger partial charge in [0, 0.05) is 38.0 Å². The fourth-order valence-corrected chi connectivity index (χ4v) is 3.53. The summed E-state index contributed by atoms with van der Waals surface area (Å²) in [5.74, 6) is 0.978.